The van der Waals surface area contributed by atoms with Crippen molar-refractivity contribution in [2.45, 2.75) is 0 Å². The summed E-state index contributed by atoms with van der Waals surface area (Å²) in [6.07, 6.45) is -0.364. The van der Waals surface area contributed by atoms with Gasteiger partial charge in [-0.1, -0.05) is 11.6 Å². The van der Waals surface area contributed by atoms with Gasteiger partial charge < -0.3 is 10.5 Å². The van der Waals surface area contributed by atoms with Gasteiger partial charge in [0.05, 0.1) is 17.3 Å². The summed E-state index contributed by atoms with van der Waals surface area (Å²) in [4.78, 5) is 12.7. The Morgan fingerprint density at radius 2 is 2.29 bits per heavy atom. The molecule has 1 aliphatic rings. The third kappa shape index (κ3) is 1.48. The summed E-state index contributed by atoms with van der Waals surface area (Å²) >= 11 is 5.95. The predicted octanol–water partition coefficient (Wildman–Crippen LogP) is 1.88. The number of cyclic esters (lactones) is 1. The zero-order valence-corrected chi connectivity index (χ0v) is 8.12. The van der Waals surface area contributed by atoms with Crippen molar-refractivity contribution in [1.29, 1.82) is 0 Å². The van der Waals surface area contributed by atoms with Crippen molar-refractivity contribution < 1.29 is 9.53 Å². The van der Waals surface area contributed by atoms with Crippen molar-refractivity contribution >= 4 is 29.1 Å². The van der Waals surface area contributed by atoms with Crippen LogP contribution in [-0.2, 0) is 4.74 Å². The Kier molecular flexibility index (Phi) is 2.21. The van der Waals surface area contributed by atoms with Gasteiger partial charge in [-0.3, -0.25) is 4.90 Å². The molecule has 1 aliphatic heterocycles. The molecule has 5 heteroatoms. The fourth-order valence-electron chi connectivity index (χ4n) is 1.35. The van der Waals surface area contributed by atoms with Crippen molar-refractivity contribution in [3.8, 4) is 0 Å². The SMILES string of the molecule is Nc1ccc(N2CCOC2=O)c(Cl)c1. The maximum absolute atomic E-state index is 11.2. The first kappa shape index (κ1) is 9.15. The van der Waals surface area contributed by atoms with E-state index in [9.17, 15) is 4.79 Å². The number of nitrogen functional groups attached to an aromatic ring is 1. The Bertz CT molecular complexity index is 381. The maximum Gasteiger partial charge on any atom is 0.414 e. The van der Waals surface area contributed by atoms with Gasteiger partial charge in [0.15, 0.2) is 0 Å². The van der Waals surface area contributed by atoms with E-state index in [0.29, 0.717) is 29.5 Å². The van der Waals surface area contributed by atoms with Gasteiger partial charge >= 0.3 is 6.09 Å². The number of hydrogen-bond acceptors (Lipinski definition) is 3. The molecule has 1 aromatic rings. The summed E-state index contributed by atoms with van der Waals surface area (Å²) in [5.74, 6) is 0. The fraction of sp³-hybridized carbons (Fsp3) is 0.222. The molecule has 74 valence electrons. The third-order valence-electron chi connectivity index (χ3n) is 2.02. The Morgan fingerprint density at radius 1 is 1.50 bits per heavy atom. The lowest BCUT2D eigenvalue weighted by molar-refractivity contribution is 0.181. The normalized spacial score (nSPS) is 15.8. The summed E-state index contributed by atoms with van der Waals surface area (Å²) < 4.78 is 4.80. The fourth-order valence-corrected chi connectivity index (χ4v) is 1.65. The number of anilines is 2. The molecule has 1 aromatic carbocycles. The molecule has 0 radical (unpaired) electrons. The van der Waals surface area contributed by atoms with E-state index in [1.807, 2.05) is 0 Å². The first-order chi connectivity index (χ1) is 6.68. The molecule has 0 bridgehead atoms. The van der Waals surface area contributed by atoms with Gasteiger partial charge in [-0.15, -0.1) is 0 Å². The van der Waals surface area contributed by atoms with Crippen LogP contribution >= 0.6 is 11.6 Å². The van der Waals surface area contributed by atoms with E-state index in [2.05, 4.69) is 0 Å². The molecule has 0 spiro atoms. The lowest BCUT2D eigenvalue weighted by Gasteiger charge is -2.14. The summed E-state index contributed by atoms with van der Waals surface area (Å²) in [5, 5.41) is 0.462. The molecule has 2 N–H and O–H groups in total. The molecule has 1 saturated heterocycles. The summed E-state index contributed by atoms with van der Waals surface area (Å²) in [6, 6.07) is 5.03. The largest absolute Gasteiger partial charge is 0.447 e. The van der Waals surface area contributed by atoms with E-state index in [1.54, 1.807) is 18.2 Å². The first-order valence-corrected chi connectivity index (χ1v) is 4.55. The van der Waals surface area contributed by atoms with Crippen molar-refractivity contribution in [1.82, 2.24) is 0 Å². The molecule has 2 rings (SSSR count). The number of hydrogen-bond donors (Lipinski definition) is 1. The van der Waals surface area contributed by atoms with E-state index in [4.69, 9.17) is 22.1 Å². The number of carbonyl (C=O) groups is 1. The zero-order valence-electron chi connectivity index (χ0n) is 7.37. The average molecular weight is 213 g/mol. The standard InChI is InChI=1S/C9H9ClN2O2/c10-7-5-6(11)1-2-8(7)12-3-4-14-9(12)13/h1-2,5H,3-4,11H2. The molecular weight excluding hydrogens is 204 g/mol. The number of nitrogens with two attached hydrogens (primary N) is 1. The monoisotopic (exact) mass is 212 g/mol. The highest BCUT2D eigenvalue weighted by Gasteiger charge is 2.25. The molecular formula is C9H9ClN2O2. The molecule has 14 heavy (non-hydrogen) atoms. The van der Waals surface area contributed by atoms with Crippen LogP contribution in [0.5, 0.6) is 0 Å². The number of halogens is 1. The molecule has 0 atom stereocenters. The topological polar surface area (TPSA) is 55.6 Å². The number of benzene rings is 1. The van der Waals surface area contributed by atoms with Gasteiger partial charge in [0.2, 0.25) is 0 Å². The summed E-state index contributed by atoms with van der Waals surface area (Å²) in [5.41, 5.74) is 6.76. The second-order valence-electron chi connectivity index (χ2n) is 2.98. The van der Waals surface area contributed by atoms with Crippen LogP contribution in [0, 0.1) is 0 Å². The predicted molar refractivity (Wildman–Crippen MR) is 54.6 cm³/mol. The van der Waals surface area contributed by atoms with Crippen molar-refractivity contribution in [3.05, 3.63) is 23.2 Å². The number of ether oxygens (including phenoxy) is 1. The molecule has 1 heterocycles. The van der Waals surface area contributed by atoms with Gasteiger partial charge in [-0.05, 0) is 18.2 Å². The minimum Gasteiger partial charge on any atom is -0.447 e. The molecule has 0 aliphatic carbocycles. The number of carbonyl (C=O) groups excluding carboxylic acids is 1. The van der Waals surface area contributed by atoms with Crippen LogP contribution in [-0.4, -0.2) is 19.2 Å². The molecule has 0 aromatic heterocycles. The highest BCUT2D eigenvalue weighted by atomic mass is 35.5. The van der Waals surface area contributed by atoms with Crippen LogP contribution in [0.2, 0.25) is 5.02 Å². The van der Waals surface area contributed by atoms with Gasteiger partial charge in [-0.25, -0.2) is 4.79 Å². The maximum atomic E-state index is 11.2. The van der Waals surface area contributed by atoms with Crippen molar-refractivity contribution in [2.24, 2.45) is 0 Å². The van der Waals surface area contributed by atoms with Crippen LogP contribution < -0.4 is 10.6 Å². The zero-order chi connectivity index (χ0) is 10.1. The van der Waals surface area contributed by atoms with Gasteiger partial charge in [0, 0.05) is 5.69 Å². The second-order valence-corrected chi connectivity index (χ2v) is 3.38. The molecule has 0 saturated carbocycles. The Balaban J connectivity index is 2.36. The van der Waals surface area contributed by atoms with Gasteiger partial charge in [0.1, 0.15) is 6.61 Å². The van der Waals surface area contributed by atoms with Crippen LogP contribution in [0.15, 0.2) is 18.2 Å². The molecule has 1 amide bonds. The van der Waals surface area contributed by atoms with E-state index in [0.717, 1.165) is 0 Å². The quantitative estimate of drug-likeness (QED) is 0.724. The van der Waals surface area contributed by atoms with Crippen molar-refractivity contribution in [2.75, 3.05) is 23.8 Å². The minimum absolute atomic E-state index is 0.364. The van der Waals surface area contributed by atoms with Crippen molar-refractivity contribution in [3.63, 3.8) is 0 Å². The van der Waals surface area contributed by atoms with E-state index >= 15 is 0 Å². The van der Waals surface area contributed by atoms with E-state index in [1.165, 1.54) is 4.90 Å². The number of nitrogens with zero attached hydrogens (tertiary/aromatic N) is 1. The van der Waals surface area contributed by atoms with Crippen LogP contribution in [0.3, 0.4) is 0 Å². The average Bonchev–Trinajstić information content (AvgIpc) is 2.52. The minimum atomic E-state index is -0.364. The summed E-state index contributed by atoms with van der Waals surface area (Å²) in [6.45, 7) is 0.933. The second kappa shape index (κ2) is 3.38. The smallest absolute Gasteiger partial charge is 0.414 e. The Morgan fingerprint density at radius 3 is 2.86 bits per heavy atom. The Hall–Kier alpha value is -1.42. The molecule has 0 unspecified atom stereocenters. The number of rotatable bonds is 1. The van der Waals surface area contributed by atoms with Crippen LogP contribution in [0.4, 0.5) is 16.2 Å². The first-order valence-electron chi connectivity index (χ1n) is 4.18. The van der Waals surface area contributed by atoms with Crippen LogP contribution in [0.25, 0.3) is 0 Å². The van der Waals surface area contributed by atoms with Gasteiger partial charge in [-0.2, -0.15) is 0 Å². The highest BCUT2D eigenvalue weighted by molar-refractivity contribution is 6.34. The molecule has 1 fully saturated rings. The lowest BCUT2D eigenvalue weighted by Crippen LogP contribution is -2.23. The van der Waals surface area contributed by atoms with E-state index < -0.39 is 0 Å². The lowest BCUT2D eigenvalue weighted by atomic mass is 10.2. The molecule has 4 nitrogen and oxygen atoms in total. The Labute approximate surface area is 86.2 Å². The van der Waals surface area contributed by atoms with Crippen LogP contribution in [0.1, 0.15) is 0 Å². The van der Waals surface area contributed by atoms with E-state index in [-0.39, 0.29) is 6.09 Å². The number of amides is 1. The third-order valence-corrected chi connectivity index (χ3v) is 2.33. The highest BCUT2D eigenvalue weighted by Crippen LogP contribution is 2.29. The summed E-state index contributed by atoms with van der Waals surface area (Å²) in [7, 11) is 0. The van der Waals surface area contributed by atoms with Gasteiger partial charge in [0.25, 0.3) is 0 Å².